The molecule has 2 aromatic rings. The lowest BCUT2D eigenvalue weighted by Crippen LogP contribution is -2.46. The standard InChI is InChI=1S/C18H19ClN2O3S/c19-15-3-1-12(2-4-15)16(14-7-10-25-11-14)20-18(24)21-8-5-13(6-9-21)17(22)23/h1-4,7,10-11,13,16H,5-6,8-9H2,(H,20,24)(H,22,23). The summed E-state index contributed by atoms with van der Waals surface area (Å²) in [7, 11) is 0. The first-order chi connectivity index (χ1) is 12.0. The van der Waals surface area contributed by atoms with Crippen LogP contribution in [0.3, 0.4) is 0 Å². The van der Waals surface area contributed by atoms with Gasteiger partial charge in [0.25, 0.3) is 0 Å². The second-order valence-electron chi connectivity index (χ2n) is 6.09. The number of benzene rings is 1. The summed E-state index contributed by atoms with van der Waals surface area (Å²) in [4.78, 5) is 25.4. The average Bonchev–Trinajstić information content (AvgIpc) is 3.15. The Balaban J connectivity index is 1.71. The van der Waals surface area contributed by atoms with Crippen molar-refractivity contribution in [1.82, 2.24) is 10.2 Å². The minimum absolute atomic E-state index is 0.171. The second kappa shape index (κ2) is 7.89. The number of piperidine rings is 1. The molecule has 2 amide bonds. The third-order valence-corrected chi connectivity index (χ3v) is 5.43. The van der Waals surface area contributed by atoms with Gasteiger partial charge >= 0.3 is 12.0 Å². The van der Waals surface area contributed by atoms with Crippen LogP contribution in [0.4, 0.5) is 4.79 Å². The number of urea groups is 1. The quantitative estimate of drug-likeness (QED) is 0.844. The Morgan fingerprint density at radius 3 is 2.40 bits per heavy atom. The third kappa shape index (κ3) is 4.32. The normalized spacial score (nSPS) is 16.4. The number of aliphatic carboxylic acids is 1. The summed E-state index contributed by atoms with van der Waals surface area (Å²) in [5.41, 5.74) is 1.97. The summed E-state index contributed by atoms with van der Waals surface area (Å²) < 4.78 is 0. The third-order valence-electron chi connectivity index (χ3n) is 4.48. The highest BCUT2D eigenvalue weighted by atomic mass is 35.5. The van der Waals surface area contributed by atoms with Crippen LogP contribution < -0.4 is 5.32 Å². The maximum absolute atomic E-state index is 12.7. The molecule has 2 heterocycles. The molecule has 1 saturated heterocycles. The molecule has 3 rings (SSSR count). The van der Waals surface area contributed by atoms with E-state index in [0.29, 0.717) is 31.0 Å². The predicted molar refractivity (Wildman–Crippen MR) is 98.1 cm³/mol. The Hall–Kier alpha value is -2.05. The van der Waals surface area contributed by atoms with Crippen molar-refractivity contribution in [3.05, 3.63) is 57.2 Å². The maximum Gasteiger partial charge on any atom is 0.318 e. The van der Waals surface area contributed by atoms with E-state index in [1.54, 1.807) is 28.4 Å². The lowest BCUT2D eigenvalue weighted by molar-refractivity contribution is -0.143. The highest BCUT2D eigenvalue weighted by Crippen LogP contribution is 2.26. The predicted octanol–water partition coefficient (Wildman–Crippen LogP) is 4.00. The summed E-state index contributed by atoms with van der Waals surface area (Å²) in [5, 5.41) is 16.8. The zero-order valence-electron chi connectivity index (χ0n) is 13.5. The van der Waals surface area contributed by atoms with Crippen LogP contribution in [-0.2, 0) is 4.79 Å². The van der Waals surface area contributed by atoms with Gasteiger partial charge in [-0.25, -0.2) is 4.79 Å². The molecule has 0 bridgehead atoms. The molecular weight excluding hydrogens is 360 g/mol. The molecule has 0 radical (unpaired) electrons. The molecule has 2 N–H and O–H groups in total. The highest BCUT2D eigenvalue weighted by Gasteiger charge is 2.28. The van der Waals surface area contributed by atoms with Gasteiger partial charge in [0.2, 0.25) is 0 Å². The summed E-state index contributed by atoms with van der Waals surface area (Å²) in [5.74, 6) is -1.13. The number of hydrogen-bond acceptors (Lipinski definition) is 3. The Labute approximate surface area is 155 Å². The zero-order chi connectivity index (χ0) is 17.8. The monoisotopic (exact) mass is 378 g/mol. The summed E-state index contributed by atoms with van der Waals surface area (Å²) in [6.07, 6.45) is 0.986. The molecule has 1 aromatic heterocycles. The molecule has 1 aliphatic rings. The minimum Gasteiger partial charge on any atom is -0.481 e. The number of hydrogen-bond donors (Lipinski definition) is 2. The van der Waals surface area contributed by atoms with Crippen LogP contribution >= 0.6 is 22.9 Å². The number of halogens is 1. The Kier molecular flexibility index (Phi) is 5.60. The van der Waals surface area contributed by atoms with Crippen LogP contribution in [0, 0.1) is 5.92 Å². The minimum atomic E-state index is -0.780. The van der Waals surface area contributed by atoms with Gasteiger partial charge in [-0.3, -0.25) is 4.79 Å². The Morgan fingerprint density at radius 2 is 1.84 bits per heavy atom. The lowest BCUT2D eigenvalue weighted by atomic mass is 9.97. The summed E-state index contributed by atoms with van der Waals surface area (Å²) >= 11 is 7.54. The molecule has 0 saturated carbocycles. The highest BCUT2D eigenvalue weighted by molar-refractivity contribution is 7.08. The van der Waals surface area contributed by atoms with Gasteiger partial charge in [0.1, 0.15) is 0 Å². The smallest absolute Gasteiger partial charge is 0.318 e. The molecule has 132 valence electrons. The molecule has 1 unspecified atom stereocenters. The van der Waals surface area contributed by atoms with Crippen LogP contribution in [0.25, 0.3) is 0 Å². The summed E-state index contributed by atoms with van der Waals surface area (Å²) in [6, 6.07) is 8.98. The molecular formula is C18H19ClN2O3S. The molecule has 25 heavy (non-hydrogen) atoms. The SMILES string of the molecule is O=C(O)C1CCN(C(=O)NC(c2ccc(Cl)cc2)c2ccsc2)CC1. The van der Waals surface area contributed by atoms with Gasteiger partial charge in [0.15, 0.2) is 0 Å². The van der Waals surface area contributed by atoms with Crippen LogP contribution in [0.15, 0.2) is 41.1 Å². The number of likely N-dealkylation sites (tertiary alicyclic amines) is 1. The Morgan fingerprint density at radius 1 is 1.16 bits per heavy atom. The number of amides is 2. The molecule has 1 aliphatic heterocycles. The first-order valence-electron chi connectivity index (χ1n) is 8.10. The van der Waals surface area contributed by atoms with Gasteiger partial charge in [-0.2, -0.15) is 11.3 Å². The maximum atomic E-state index is 12.7. The second-order valence-corrected chi connectivity index (χ2v) is 7.31. The van der Waals surface area contributed by atoms with Crippen LogP contribution in [0.2, 0.25) is 5.02 Å². The van der Waals surface area contributed by atoms with Crippen molar-refractivity contribution < 1.29 is 14.7 Å². The molecule has 0 aliphatic carbocycles. The molecule has 0 spiro atoms. The number of carboxylic acids is 1. The molecule has 7 heteroatoms. The van der Waals surface area contributed by atoms with Crippen LogP contribution in [0.1, 0.15) is 30.0 Å². The van der Waals surface area contributed by atoms with Gasteiger partial charge in [-0.05, 0) is 52.9 Å². The number of thiophene rings is 1. The first-order valence-corrected chi connectivity index (χ1v) is 9.42. The fourth-order valence-corrected chi connectivity index (χ4v) is 3.81. The number of carbonyl (C=O) groups excluding carboxylic acids is 1. The van der Waals surface area contributed by atoms with Gasteiger partial charge in [-0.1, -0.05) is 23.7 Å². The van der Waals surface area contributed by atoms with E-state index in [0.717, 1.165) is 11.1 Å². The van der Waals surface area contributed by atoms with Gasteiger partial charge < -0.3 is 15.3 Å². The van der Waals surface area contributed by atoms with Crippen molar-refractivity contribution in [2.45, 2.75) is 18.9 Å². The van der Waals surface area contributed by atoms with Crippen molar-refractivity contribution in [3.63, 3.8) is 0 Å². The largest absolute Gasteiger partial charge is 0.481 e. The van der Waals surface area contributed by atoms with Crippen LogP contribution in [0.5, 0.6) is 0 Å². The average molecular weight is 379 g/mol. The van der Waals surface area contributed by atoms with E-state index in [4.69, 9.17) is 16.7 Å². The lowest BCUT2D eigenvalue weighted by Gasteiger charge is -2.31. The van der Waals surface area contributed by atoms with Crippen molar-refractivity contribution in [2.24, 2.45) is 5.92 Å². The number of rotatable bonds is 4. The van der Waals surface area contributed by atoms with Crippen molar-refractivity contribution in [3.8, 4) is 0 Å². The van der Waals surface area contributed by atoms with Gasteiger partial charge in [0, 0.05) is 18.1 Å². The van der Waals surface area contributed by atoms with Crippen molar-refractivity contribution in [2.75, 3.05) is 13.1 Å². The molecule has 1 fully saturated rings. The van der Waals surface area contributed by atoms with E-state index in [1.165, 1.54) is 0 Å². The molecule has 5 nitrogen and oxygen atoms in total. The number of carboxylic acid groups (broad SMARTS) is 1. The number of nitrogens with one attached hydrogen (secondary N) is 1. The molecule has 1 aromatic carbocycles. The van der Waals surface area contributed by atoms with Crippen LogP contribution in [-0.4, -0.2) is 35.1 Å². The van der Waals surface area contributed by atoms with E-state index in [9.17, 15) is 9.59 Å². The van der Waals surface area contributed by atoms with Crippen molar-refractivity contribution in [1.29, 1.82) is 0 Å². The first kappa shape index (κ1) is 17.8. The number of carbonyl (C=O) groups is 2. The molecule has 1 atom stereocenters. The van der Waals surface area contributed by atoms with E-state index >= 15 is 0 Å². The topological polar surface area (TPSA) is 69.6 Å². The van der Waals surface area contributed by atoms with E-state index in [1.807, 2.05) is 29.0 Å². The summed E-state index contributed by atoms with van der Waals surface area (Å²) in [6.45, 7) is 0.916. The van der Waals surface area contributed by atoms with E-state index < -0.39 is 5.97 Å². The Bertz CT molecular complexity index is 725. The van der Waals surface area contributed by atoms with E-state index in [-0.39, 0.29) is 18.0 Å². The van der Waals surface area contributed by atoms with Gasteiger partial charge in [-0.15, -0.1) is 0 Å². The van der Waals surface area contributed by atoms with Gasteiger partial charge in [0.05, 0.1) is 12.0 Å². The fraction of sp³-hybridized carbons (Fsp3) is 0.333. The zero-order valence-corrected chi connectivity index (χ0v) is 15.1. The van der Waals surface area contributed by atoms with E-state index in [2.05, 4.69) is 5.32 Å². The van der Waals surface area contributed by atoms with Crippen molar-refractivity contribution >= 4 is 34.9 Å². The fourth-order valence-electron chi connectivity index (χ4n) is 3.00. The number of nitrogens with zero attached hydrogens (tertiary/aromatic N) is 1.